The number of para-hydroxylation sites is 1. The molecule has 0 spiro atoms. The van der Waals surface area contributed by atoms with Gasteiger partial charge in [-0.3, -0.25) is 9.69 Å². The van der Waals surface area contributed by atoms with Crippen LogP contribution in [0.15, 0.2) is 24.3 Å². The second kappa shape index (κ2) is 6.06. The van der Waals surface area contributed by atoms with Crippen molar-refractivity contribution in [1.29, 1.82) is 0 Å². The molecule has 4 N–H and O–H groups in total. The first-order valence-corrected chi connectivity index (χ1v) is 9.90. The molecule has 2 unspecified atom stereocenters. The number of benzene rings is 1. The Labute approximate surface area is 158 Å². The number of H-pyrrole nitrogens is 1. The second-order valence-electron chi connectivity index (χ2n) is 8.53. The molecular weight excluding hydrogens is 342 g/mol. The molecule has 2 aromatic rings. The number of piperidine rings is 1. The fraction of sp³-hybridized carbons (Fsp3) is 0.571. The highest BCUT2D eigenvalue weighted by Gasteiger charge is 2.55. The Hall–Kier alpha value is -1.89. The molecule has 5 rings (SSSR count). The van der Waals surface area contributed by atoms with Crippen LogP contribution in [0.2, 0.25) is 0 Å². The lowest BCUT2D eigenvalue weighted by Crippen LogP contribution is -2.67. The van der Waals surface area contributed by atoms with Crippen LogP contribution in [0.5, 0.6) is 0 Å². The molecule has 1 saturated heterocycles. The van der Waals surface area contributed by atoms with E-state index >= 15 is 0 Å². The van der Waals surface area contributed by atoms with Crippen LogP contribution in [0.25, 0.3) is 10.9 Å². The minimum atomic E-state index is -0.670. The van der Waals surface area contributed by atoms with Gasteiger partial charge in [-0.25, -0.2) is 0 Å². The first kappa shape index (κ1) is 17.2. The molecule has 6 heteroatoms. The largest absolute Gasteiger partial charge is 0.469 e. The number of fused-ring (bicyclic) bond motifs is 6. The van der Waals surface area contributed by atoms with Gasteiger partial charge in [-0.05, 0) is 43.2 Å². The van der Waals surface area contributed by atoms with Gasteiger partial charge < -0.3 is 20.6 Å². The number of carbonyl (C=O) groups is 1. The number of aliphatic hydroxyl groups is 1. The van der Waals surface area contributed by atoms with Crippen molar-refractivity contribution in [2.75, 3.05) is 20.2 Å². The van der Waals surface area contributed by atoms with Gasteiger partial charge in [0.1, 0.15) is 0 Å². The summed E-state index contributed by atoms with van der Waals surface area (Å²) >= 11 is 0. The minimum Gasteiger partial charge on any atom is -0.469 e. The van der Waals surface area contributed by atoms with Crippen molar-refractivity contribution >= 4 is 16.9 Å². The van der Waals surface area contributed by atoms with Gasteiger partial charge in [0.15, 0.2) is 0 Å². The number of nitrogens with zero attached hydrogens (tertiary/aromatic N) is 1. The summed E-state index contributed by atoms with van der Waals surface area (Å²) < 4.78 is 5.03. The summed E-state index contributed by atoms with van der Waals surface area (Å²) in [7, 11) is 1.40. The Balaban J connectivity index is 1.56. The highest BCUT2D eigenvalue weighted by Crippen LogP contribution is 2.50. The number of aliphatic hydroxyl groups excluding tert-OH is 1. The van der Waals surface area contributed by atoms with Gasteiger partial charge in [0, 0.05) is 35.2 Å². The molecule has 5 atom stereocenters. The third-order valence-electron chi connectivity index (χ3n) is 7.21. The highest BCUT2D eigenvalue weighted by molar-refractivity contribution is 5.85. The normalized spacial score (nSPS) is 36.0. The maximum absolute atomic E-state index is 12.5. The summed E-state index contributed by atoms with van der Waals surface area (Å²) in [4.78, 5) is 18.6. The Morgan fingerprint density at radius 2 is 2.22 bits per heavy atom. The number of esters is 1. The van der Waals surface area contributed by atoms with Crippen molar-refractivity contribution in [2.45, 2.75) is 43.4 Å². The number of aromatic amines is 1. The molecule has 0 radical (unpaired) electrons. The van der Waals surface area contributed by atoms with E-state index in [1.165, 1.54) is 29.3 Å². The summed E-state index contributed by atoms with van der Waals surface area (Å²) in [6, 6.07) is 8.64. The monoisotopic (exact) mass is 369 g/mol. The van der Waals surface area contributed by atoms with E-state index in [2.05, 4.69) is 34.1 Å². The number of aromatic nitrogens is 1. The molecule has 1 aromatic heterocycles. The second-order valence-corrected chi connectivity index (χ2v) is 8.53. The van der Waals surface area contributed by atoms with Gasteiger partial charge >= 0.3 is 5.97 Å². The van der Waals surface area contributed by atoms with Gasteiger partial charge in [-0.15, -0.1) is 0 Å². The maximum atomic E-state index is 12.5. The van der Waals surface area contributed by atoms with Crippen LogP contribution >= 0.6 is 0 Å². The number of carbonyl (C=O) groups excluding carboxylic acids is 1. The van der Waals surface area contributed by atoms with Gasteiger partial charge in [-0.1, -0.05) is 18.2 Å². The molecule has 0 bridgehead atoms. The first-order valence-electron chi connectivity index (χ1n) is 9.90. The number of methoxy groups -OCH3 is 1. The minimum absolute atomic E-state index is 0.0766. The number of nitrogens with one attached hydrogen (secondary N) is 1. The number of rotatable bonds is 1. The van der Waals surface area contributed by atoms with E-state index < -0.39 is 17.6 Å². The lowest BCUT2D eigenvalue weighted by atomic mass is 9.61. The summed E-state index contributed by atoms with van der Waals surface area (Å²) in [6.45, 7) is 1.74. The summed E-state index contributed by atoms with van der Waals surface area (Å²) in [5, 5.41) is 11.8. The number of hydrogen-bond acceptors (Lipinski definition) is 5. The molecule has 1 aromatic carbocycles. The Morgan fingerprint density at radius 1 is 1.41 bits per heavy atom. The first-order chi connectivity index (χ1) is 13.0. The summed E-state index contributed by atoms with van der Waals surface area (Å²) in [5.74, 6) is -0.943. The molecule has 3 heterocycles. The lowest BCUT2D eigenvalue weighted by molar-refractivity contribution is -0.161. The van der Waals surface area contributed by atoms with Crippen LogP contribution in [0.3, 0.4) is 0 Å². The summed E-state index contributed by atoms with van der Waals surface area (Å²) in [5.41, 5.74) is 10.2. The lowest BCUT2D eigenvalue weighted by Gasteiger charge is -2.56. The average molecular weight is 369 g/mol. The van der Waals surface area contributed by atoms with E-state index in [-0.39, 0.29) is 17.9 Å². The van der Waals surface area contributed by atoms with E-state index in [4.69, 9.17) is 10.5 Å². The van der Waals surface area contributed by atoms with Crippen molar-refractivity contribution in [3.8, 4) is 0 Å². The van der Waals surface area contributed by atoms with Crippen LogP contribution in [-0.4, -0.2) is 52.8 Å². The predicted molar refractivity (Wildman–Crippen MR) is 102 cm³/mol. The quantitative estimate of drug-likeness (QED) is 0.666. The van der Waals surface area contributed by atoms with Crippen molar-refractivity contribution in [1.82, 2.24) is 9.88 Å². The van der Waals surface area contributed by atoms with Crippen molar-refractivity contribution < 1.29 is 14.6 Å². The molecule has 1 aliphatic carbocycles. The zero-order valence-corrected chi connectivity index (χ0v) is 15.6. The van der Waals surface area contributed by atoms with Gasteiger partial charge in [0.05, 0.1) is 25.2 Å². The van der Waals surface area contributed by atoms with Crippen LogP contribution in [-0.2, 0) is 16.0 Å². The zero-order chi connectivity index (χ0) is 18.8. The van der Waals surface area contributed by atoms with E-state index in [0.29, 0.717) is 6.42 Å². The van der Waals surface area contributed by atoms with Gasteiger partial charge in [-0.2, -0.15) is 0 Å². The SMILES string of the molecule is COC(=O)[C@H]1C(O)CCC2(N)CN3CCc4c([nH]c5ccccc45)[C@@H]3C[C@H]12. The number of nitrogens with two attached hydrogens (primary N) is 1. The highest BCUT2D eigenvalue weighted by atomic mass is 16.5. The average Bonchev–Trinajstić information content (AvgIpc) is 3.05. The number of hydrogen-bond donors (Lipinski definition) is 3. The molecule has 2 fully saturated rings. The van der Waals surface area contributed by atoms with Crippen LogP contribution < -0.4 is 5.73 Å². The van der Waals surface area contributed by atoms with Gasteiger partial charge in [0.25, 0.3) is 0 Å². The number of ether oxygens (including phenoxy) is 1. The Bertz CT molecular complexity index is 894. The van der Waals surface area contributed by atoms with Gasteiger partial charge in [0.2, 0.25) is 0 Å². The molecular formula is C21H27N3O3. The third-order valence-corrected chi connectivity index (χ3v) is 7.21. The van der Waals surface area contributed by atoms with Crippen molar-refractivity contribution in [3.05, 3.63) is 35.5 Å². The smallest absolute Gasteiger partial charge is 0.311 e. The summed E-state index contributed by atoms with van der Waals surface area (Å²) in [6.07, 6.45) is 2.42. The van der Waals surface area contributed by atoms with Crippen molar-refractivity contribution in [3.63, 3.8) is 0 Å². The van der Waals surface area contributed by atoms with Crippen LogP contribution in [0, 0.1) is 11.8 Å². The van der Waals surface area contributed by atoms with E-state index in [9.17, 15) is 9.90 Å². The van der Waals surface area contributed by atoms with Crippen molar-refractivity contribution in [2.24, 2.45) is 17.6 Å². The molecule has 6 nitrogen and oxygen atoms in total. The zero-order valence-electron chi connectivity index (χ0n) is 15.6. The molecule has 144 valence electrons. The molecule has 3 aliphatic rings. The molecule has 1 saturated carbocycles. The Morgan fingerprint density at radius 3 is 3.04 bits per heavy atom. The molecule has 0 amide bonds. The fourth-order valence-electron chi connectivity index (χ4n) is 5.89. The van der Waals surface area contributed by atoms with E-state index in [1.54, 1.807) is 0 Å². The maximum Gasteiger partial charge on any atom is 0.311 e. The fourth-order valence-corrected chi connectivity index (χ4v) is 5.89. The third kappa shape index (κ3) is 2.47. The van der Waals surface area contributed by atoms with Crippen LogP contribution in [0.4, 0.5) is 0 Å². The molecule has 2 aliphatic heterocycles. The Kier molecular flexibility index (Phi) is 3.86. The topological polar surface area (TPSA) is 91.6 Å². The van der Waals surface area contributed by atoms with E-state index in [1.807, 2.05) is 0 Å². The standard InChI is InChI=1S/C21H27N3O3/c1-27-20(26)18-14-10-16-19-13(12-4-2-3-5-15(12)23-19)7-9-24(16)11-21(14,22)8-6-17(18)25/h2-5,14,16-18,23,25H,6-11,22H2,1H3/t14-,16+,17?,18-,21?/m1/s1. The van der Waals surface area contributed by atoms with E-state index in [0.717, 1.165) is 32.4 Å². The molecule has 27 heavy (non-hydrogen) atoms. The predicted octanol–water partition coefficient (Wildman–Crippen LogP) is 1.73. The van der Waals surface area contributed by atoms with Crippen LogP contribution in [0.1, 0.15) is 36.6 Å².